The molecule has 0 saturated carbocycles. The molecule has 0 radical (unpaired) electrons. The van der Waals surface area contributed by atoms with Crippen LogP contribution in [0.15, 0.2) is 22.9 Å². The van der Waals surface area contributed by atoms with Crippen LogP contribution in [0.25, 0.3) is 5.70 Å². The predicted molar refractivity (Wildman–Crippen MR) is 92.2 cm³/mol. The van der Waals surface area contributed by atoms with Gasteiger partial charge in [0.05, 0.1) is 19.9 Å². The molecule has 2 rings (SSSR count). The number of carbonyl (C=O) groups excluding carboxylic acids is 1. The molecule has 1 aliphatic rings. The lowest BCUT2D eigenvalue weighted by atomic mass is 10.0. The molecule has 1 fully saturated rings. The zero-order chi connectivity index (χ0) is 18.4. The number of likely N-dealkylation sites (tertiary alicyclic amines) is 1. The molecule has 2 N–H and O–H groups in total. The maximum atomic E-state index is 12.6. The van der Waals surface area contributed by atoms with E-state index in [0.29, 0.717) is 18.7 Å². The Kier molecular flexibility index (Phi) is 5.95. The van der Waals surface area contributed by atoms with Crippen molar-refractivity contribution in [2.45, 2.75) is 19.3 Å². The maximum Gasteiger partial charge on any atom is 0.266 e. The van der Waals surface area contributed by atoms with E-state index in [1.807, 2.05) is 6.07 Å². The minimum absolute atomic E-state index is 0.0241. The molecular weight excluding hydrogens is 324 g/mol. The number of nitriles is 1. The fourth-order valence-corrected chi connectivity index (χ4v) is 2.79. The largest absolute Gasteiger partial charge is 0.493 e. The Morgan fingerprint density at radius 2 is 1.92 bits per heavy atom. The summed E-state index contributed by atoms with van der Waals surface area (Å²) in [6.45, 7) is 1.20. The van der Waals surface area contributed by atoms with Crippen LogP contribution in [0.4, 0.5) is 5.69 Å². The van der Waals surface area contributed by atoms with Crippen molar-refractivity contribution in [1.82, 2.24) is 4.90 Å². The molecule has 0 spiro atoms. The van der Waals surface area contributed by atoms with Gasteiger partial charge in [-0.25, -0.2) is 0 Å². The van der Waals surface area contributed by atoms with Crippen molar-refractivity contribution in [1.29, 1.82) is 5.26 Å². The highest BCUT2D eigenvalue weighted by Crippen LogP contribution is 2.39. The van der Waals surface area contributed by atoms with E-state index < -0.39 is 5.91 Å². The Labute approximate surface area is 145 Å². The van der Waals surface area contributed by atoms with Crippen LogP contribution >= 0.6 is 0 Å². The number of hydrogen-bond acceptors (Lipinski definition) is 7. The molecule has 8 nitrogen and oxygen atoms in total. The standard InChI is InChI=1S/C17H20N4O4/c1-24-14-9-11(8-13(20-23)16(14)25-2)15(19)12(10-18)17(22)21-6-4-3-5-7-21/h8-9H,3-7,19H2,1-2H3/b15-12-. The first kappa shape index (κ1) is 18.3. The van der Waals surface area contributed by atoms with Crippen LogP contribution in [0.1, 0.15) is 24.8 Å². The summed E-state index contributed by atoms with van der Waals surface area (Å²) in [6.07, 6.45) is 2.87. The summed E-state index contributed by atoms with van der Waals surface area (Å²) in [4.78, 5) is 25.3. The van der Waals surface area contributed by atoms with Gasteiger partial charge in [0.15, 0.2) is 17.2 Å². The van der Waals surface area contributed by atoms with Crippen molar-refractivity contribution in [3.05, 3.63) is 28.2 Å². The van der Waals surface area contributed by atoms with Crippen molar-refractivity contribution in [2.24, 2.45) is 10.9 Å². The molecule has 0 unspecified atom stereocenters. The van der Waals surface area contributed by atoms with Crippen LogP contribution in [0.2, 0.25) is 0 Å². The molecule has 1 aliphatic heterocycles. The monoisotopic (exact) mass is 344 g/mol. The maximum absolute atomic E-state index is 12.6. The van der Waals surface area contributed by atoms with Crippen molar-refractivity contribution >= 4 is 17.3 Å². The lowest BCUT2D eigenvalue weighted by molar-refractivity contribution is -0.127. The average molecular weight is 344 g/mol. The number of benzene rings is 1. The first-order chi connectivity index (χ1) is 12.1. The second kappa shape index (κ2) is 8.15. The topological polar surface area (TPSA) is 118 Å². The number of amides is 1. The Balaban J connectivity index is 2.50. The highest BCUT2D eigenvalue weighted by Gasteiger charge is 2.24. The van der Waals surface area contributed by atoms with Crippen molar-refractivity contribution in [3.63, 3.8) is 0 Å². The van der Waals surface area contributed by atoms with Crippen LogP contribution in [0.5, 0.6) is 11.5 Å². The molecule has 0 aliphatic carbocycles. The van der Waals surface area contributed by atoms with Crippen LogP contribution in [0, 0.1) is 16.2 Å². The molecule has 1 aromatic carbocycles. The van der Waals surface area contributed by atoms with Gasteiger partial charge in [0, 0.05) is 18.7 Å². The molecule has 0 bridgehead atoms. The zero-order valence-electron chi connectivity index (χ0n) is 14.2. The number of nitrogens with two attached hydrogens (primary N) is 1. The number of piperidine rings is 1. The minimum atomic E-state index is -0.407. The number of nitroso groups, excluding NO2 is 1. The molecule has 1 aromatic rings. The van der Waals surface area contributed by atoms with E-state index in [9.17, 15) is 15.0 Å². The summed E-state index contributed by atoms with van der Waals surface area (Å²) in [5.41, 5.74) is 6.16. The second-order valence-electron chi connectivity index (χ2n) is 5.58. The molecule has 0 aromatic heterocycles. The van der Waals surface area contributed by atoms with Crippen LogP contribution in [-0.4, -0.2) is 38.1 Å². The van der Waals surface area contributed by atoms with Gasteiger partial charge in [-0.3, -0.25) is 4.79 Å². The minimum Gasteiger partial charge on any atom is -0.493 e. The Hall–Kier alpha value is -3.08. The summed E-state index contributed by atoms with van der Waals surface area (Å²) in [7, 11) is 2.78. The number of methoxy groups -OCH3 is 2. The third-order valence-corrected chi connectivity index (χ3v) is 4.11. The van der Waals surface area contributed by atoms with Gasteiger partial charge in [-0.05, 0) is 36.6 Å². The van der Waals surface area contributed by atoms with E-state index in [0.717, 1.165) is 19.3 Å². The Morgan fingerprint density at radius 1 is 1.24 bits per heavy atom. The van der Waals surface area contributed by atoms with Crippen LogP contribution < -0.4 is 15.2 Å². The molecule has 25 heavy (non-hydrogen) atoms. The third-order valence-electron chi connectivity index (χ3n) is 4.11. The van der Waals surface area contributed by atoms with Gasteiger partial charge in [0.1, 0.15) is 11.6 Å². The fraction of sp³-hybridized carbons (Fsp3) is 0.412. The van der Waals surface area contributed by atoms with Gasteiger partial charge < -0.3 is 20.1 Å². The molecule has 1 heterocycles. The molecule has 1 amide bonds. The van der Waals surface area contributed by atoms with E-state index in [2.05, 4.69) is 5.18 Å². The van der Waals surface area contributed by atoms with E-state index in [4.69, 9.17) is 15.2 Å². The quantitative estimate of drug-likeness (QED) is 0.497. The number of rotatable bonds is 5. The lowest BCUT2D eigenvalue weighted by Gasteiger charge is -2.26. The van der Waals surface area contributed by atoms with Gasteiger partial charge in [-0.15, -0.1) is 4.91 Å². The van der Waals surface area contributed by atoms with Crippen molar-refractivity contribution in [3.8, 4) is 17.6 Å². The molecule has 8 heteroatoms. The summed E-state index contributed by atoms with van der Waals surface area (Å²) in [6, 6.07) is 4.75. The summed E-state index contributed by atoms with van der Waals surface area (Å²) in [5.74, 6) is -0.00901. The van der Waals surface area contributed by atoms with E-state index in [1.165, 1.54) is 26.4 Å². The van der Waals surface area contributed by atoms with E-state index in [-0.39, 0.29) is 28.5 Å². The number of ether oxygens (including phenoxy) is 2. The highest BCUT2D eigenvalue weighted by atomic mass is 16.5. The fourth-order valence-electron chi connectivity index (χ4n) is 2.79. The number of nitrogens with zero attached hydrogens (tertiary/aromatic N) is 3. The molecule has 132 valence electrons. The second-order valence-corrected chi connectivity index (χ2v) is 5.58. The SMILES string of the molecule is COc1cc(/C(N)=C(\C#N)C(=O)N2CCCCC2)cc(N=O)c1OC. The molecule has 0 atom stereocenters. The van der Waals surface area contributed by atoms with Gasteiger partial charge >= 0.3 is 0 Å². The van der Waals surface area contributed by atoms with Gasteiger partial charge in [-0.1, -0.05) is 0 Å². The summed E-state index contributed by atoms with van der Waals surface area (Å²) < 4.78 is 10.3. The van der Waals surface area contributed by atoms with Crippen molar-refractivity contribution in [2.75, 3.05) is 27.3 Å². The average Bonchev–Trinajstić information content (AvgIpc) is 2.67. The highest BCUT2D eigenvalue weighted by molar-refractivity contribution is 6.04. The van der Waals surface area contributed by atoms with E-state index >= 15 is 0 Å². The lowest BCUT2D eigenvalue weighted by Crippen LogP contribution is -2.37. The van der Waals surface area contributed by atoms with Crippen LogP contribution in [-0.2, 0) is 4.79 Å². The first-order valence-electron chi connectivity index (χ1n) is 7.86. The van der Waals surface area contributed by atoms with Crippen LogP contribution in [0.3, 0.4) is 0 Å². The third kappa shape index (κ3) is 3.71. The van der Waals surface area contributed by atoms with Gasteiger partial charge in [0.2, 0.25) is 0 Å². The molecule has 1 saturated heterocycles. The number of carbonyl (C=O) groups is 1. The van der Waals surface area contributed by atoms with Gasteiger partial charge in [0.25, 0.3) is 5.91 Å². The first-order valence-corrected chi connectivity index (χ1v) is 7.86. The number of hydrogen-bond donors (Lipinski definition) is 1. The Bertz CT molecular complexity index is 746. The normalized spacial score (nSPS) is 15.0. The Morgan fingerprint density at radius 3 is 2.44 bits per heavy atom. The van der Waals surface area contributed by atoms with E-state index in [1.54, 1.807) is 4.90 Å². The van der Waals surface area contributed by atoms with Crippen molar-refractivity contribution < 1.29 is 14.3 Å². The molecular formula is C17H20N4O4. The zero-order valence-corrected chi connectivity index (χ0v) is 14.2. The van der Waals surface area contributed by atoms with Gasteiger partial charge in [-0.2, -0.15) is 5.26 Å². The smallest absolute Gasteiger partial charge is 0.266 e. The summed E-state index contributed by atoms with van der Waals surface area (Å²) >= 11 is 0. The predicted octanol–water partition coefficient (Wildman–Crippen LogP) is 2.31. The summed E-state index contributed by atoms with van der Waals surface area (Å²) in [5, 5.41) is 12.3.